The summed E-state index contributed by atoms with van der Waals surface area (Å²) >= 11 is 1.54. The van der Waals surface area contributed by atoms with Gasteiger partial charge in [-0.3, -0.25) is 4.79 Å². The zero-order chi connectivity index (χ0) is 21.9. The molecule has 0 N–H and O–H groups in total. The minimum Gasteiger partial charge on any atom is -0.494 e. The van der Waals surface area contributed by atoms with Gasteiger partial charge in [-0.25, -0.2) is 15.0 Å². The minimum atomic E-state index is -0.0349. The lowest BCUT2D eigenvalue weighted by Gasteiger charge is -2.09. The van der Waals surface area contributed by atoms with Crippen molar-refractivity contribution in [1.82, 2.24) is 15.0 Å². The number of ketones is 1. The van der Waals surface area contributed by atoms with E-state index in [-0.39, 0.29) is 5.78 Å². The van der Waals surface area contributed by atoms with Crippen molar-refractivity contribution in [3.63, 3.8) is 0 Å². The van der Waals surface area contributed by atoms with Gasteiger partial charge in [-0.15, -0.1) is 11.3 Å². The fourth-order valence-corrected chi connectivity index (χ4v) is 4.86. The maximum atomic E-state index is 13.5. The molecule has 0 atom stereocenters. The normalized spacial score (nSPS) is 12.8. The highest BCUT2D eigenvalue weighted by Crippen LogP contribution is 2.44. The molecule has 0 fully saturated rings. The first-order valence-electron chi connectivity index (χ1n) is 10.5. The number of aryl methyl sites for hydroxylation is 2. The number of thiazole rings is 1. The van der Waals surface area contributed by atoms with Crippen molar-refractivity contribution in [2.45, 2.75) is 19.8 Å². The number of carbonyl (C=O) groups excluding carboxylic acids is 1. The number of fused-ring (bicyclic) bond motifs is 1. The van der Waals surface area contributed by atoms with E-state index in [9.17, 15) is 4.79 Å². The molecule has 0 radical (unpaired) electrons. The molecule has 0 aliphatic heterocycles. The summed E-state index contributed by atoms with van der Waals surface area (Å²) in [6.07, 6.45) is 6.70. The fraction of sp³-hybridized carbons (Fsp3) is 0.154. The highest BCUT2D eigenvalue weighted by Gasteiger charge is 2.33. The zero-order valence-corrected chi connectivity index (χ0v) is 18.4. The van der Waals surface area contributed by atoms with Gasteiger partial charge < -0.3 is 4.74 Å². The smallest absolute Gasteiger partial charge is 0.195 e. The summed E-state index contributed by atoms with van der Waals surface area (Å²) in [5.74, 6) is 0.670. The van der Waals surface area contributed by atoms with Crippen LogP contribution in [0.1, 0.15) is 44.0 Å². The number of benzene rings is 2. The number of aromatic nitrogens is 3. The molecule has 2 aromatic heterocycles. The maximum absolute atomic E-state index is 13.5. The van der Waals surface area contributed by atoms with Crippen molar-refractivity contribution < 1.29 is 9.53 Å². The molecule has 0 saturated heterocycles. The Hall–Kier alpha value is -3.64. The highest BCUT2D eigenvalue weighted by molar-refractivity contribution is 7.11. The number of Topliss-reactive ketones (excluding diaryl/α,β-unsaturated/α-hetero) is 1. The van der Waals surface area contributed by atoms with Crippen molar-refractivity contribution >= 4 is 28.3 Å². The number of carbonyl (C=O) groups is 1. The van der Waals surface area contributed by atoms with Crippen molar-refractivity contribution in [3.8, 4) is 5.75 Å². The van der Waals surface area contributed by atoms with Crippen LogP contribution in [0.5, 0.6) is 5.75 Å². The second kappa shape index (κ2) is 8.85. The summed E-state index contributed by atoms with van der Waals surface area (Å²) in [5, 5.41) is 0. The lowest BCUT2D eigenvalue weighted by Crippen LogP contribution is -2.02. The molecule has 0 spiro atoms. The Balaban J connectivity index is 1.42. The largest absolute Gasteiger partial charge is 0.494 e. The predicted molar refractivity (Wildman–Crippen MR) is 126 cm³/mol. The van der Waals surface area contributed by atoms with Gasteiger partial charge in [0.25, 0.3) is 0 Å². The van der Waals surface area contributed by atoms with E-state index >= 15 is 0 Å². The lowest BCUT2D eigenvalue weighted by molar-refractivity contribution is 0.105. The summed E-state index contributed by atoms with van der Waals surface area (Å²) < 4.78 is 5.99. The molecule has 0 bridgehead atoms. The van der Waals surface area contributed by atoms with Crippen molar-refractivity contribution in [2.24, 2.45) is 0 Å². The van der Waals surface area contributed by atoms with E-state index in [1.807, 2.05) is 48.8 Å². The first-order valence-corrected chi connectivity index (χ1v) is 11.4. The van der Waals surface area contributed by atoms with Crippen LogP contribution in [0.4, 0.5) is 0 Å². The Morgan fingerprint density at radius 2 is 1.78 bits per heavy atom. The average Bonchev–Trinajstić information content (AvgIpc) is 3.38. The maximum Gasteiger partial charge on any atom is 0.195 e. The SMILES string of the molecule is Cc1ncsc1C1=C(c2cncnc2)C(=O)c2cc(OCCCc3ccccc3)ccc21. The van der Waals surface area contributed by atoms with Gasteiger partial charge >= 0.3 is 0 Å². The van der Waals surface area contributed by atoms with Crippen molar-refractivity contribution in [2.75, 3.05) is 6.61 Å². The average molecular weight is 440 g/mol. The number of ether oxygens (including phenoxy) is 1. The lowest BCUT2D eigenvalue weighted by atomic mass is 10.0. The van der Waals surface area contributed by atoms with E-state index in [1.165, 1.54) is 23.2 Å². The van der Waals surface area contributed by atoms with Gasteiger partial charge in [0.15, 0.2) is 5.78 Å². The molecule has 0 unspecified atom stereocenters. The fourth-order valence-electron chi connectivity index (χ4n) is 3.99. The number of allylic oxidation sites excluding steroid dienone is 1. The van der Waals surface area contributed by atoms with Crippen LogP contribution in [-0.2, 0) is 6.42 Å². The van der Waals surface area contributed by atoms with Gasteiger partial charge in [0.2, 0.25) is 0 Å². The molecular formula is C26H21N3O2S. The van der Waals surface area contributed by atoms with E-state index in [0.29, 0.717) is 29.1 Å². The van der Waals surface area contributed by atoms with Crippen LogP contribution in [0.3, 0.4) is 0 Å². The number of hydrogen-bond acceptors (Lipinski definition) is 6. The zero-order valence-electron chi connectivity index (χ0n) is 17.6. The summed E-state index contributed by atoms with van der Waals surface area (Å²) in [6.45, 7) is 2.56. The summed E-state index contributed by atoms with van der Waals surface area (Å²) in [7, 11) is 0. The quantitative estimate of drug-likeness (QED) is 0.360. The van der Waals surface area contributed by atoms with Crippen LogP contribution in [0.25, 0.3) is 11.1 Å². The molecule has 32 heavy (non-hydrogen) atoms. The molecule has 1 aliphatic rings. The van der Waals surface area contributed by atoms with E-state index < -0.39 is 0 Å². The van der Waals surface area contributed by atoms with Crippen LogP contribution in [0.15, 0.2) is 72.8 Å². The van der Waals surface area contributed by atoms with Gasteiger partial charge in [0.05, 0.1) is 22.7 Å². The van der Waals surface area contributed by atoms with E-state index in [1.54, 1.807) is 12.4 Å². The molecular weight excluding hydrogens is 418 g/mol. The van der Waals surface area contributed by atoms with Gasteiger partial charge in [0, 0.05) is 34.7 Å². The molecule has 0 saturated carbocycles. The Morgan fingerprint density at radius 1 is 0.969 bits per heavy atom. The van der Waals surface area contributed by atoms with Crippen LogP contribution in [0.2, 0.25) is 0 Å². The highest BCUT2D eigenvalue weighted by atomic mass is 32.1. The summed E-state index contributed by atoms with van der Waals surface area (Å²) in [6, 6.07) is 16.1. The Labute approximate surface area is 190 Å². The first-order chi connectivity index (χ1) is 15.7. The Kier molecular flexibility index (Phi) is 5.60. The third-order valence-corrected chi connectivity index (χ3v) is 6.47. The molecule has 5 nitrogen and oxygen atoms in total. The second-order valence-electron chi connectivity index (χ2n) is 7.62. The standard InChI is InChI=1S/C26H21N3O2S/c1-17-26(32-16-29-17)24-21-10-9-20(31-11-5-8-18-6-3-2-4-7-18)12-22(21)25(30)23(24)19-13-27-15-28-14-19/h2-4,6-7,9-10,12-16H,5,8,11H2,1H3. The first kappa shape index (κ1) is 20.3. The second-order valence-corrected chi connectivity index (χ2v) is 8.47. The van der Waals surface area contributed by atoms with E-state index in [2.05, 4.69) is 27.1 Å². The molecule has 5 rings (SSSR count). The topological polar surface area (TPSA) is 65.0 Å². The molecule has 6 heteroatoms. The monoisotopic (exact) mass is 439 g/mol. The predicted octanol–water partition coefficient (Wildman–Crippen LogP) is 5.41. The van der Waals surface area contributed by atoms with Crippen molar-refractivity contribution in [1.29, 1.82) is 0 Å². The third kappa shape index (κ3) is 3.85. The molecule has 158 valence electrons. The van der Waals surface area contributed by atoms with Crippen molar-refractivity contribution in [3.05, 3.63) is 106 Å². The van der Waals surface area contributed by atoms with Crippen LogP contribution in [-0.4, -0.2) is 27.3 Å². The van der Waals surface area contributed by atoms with Crippen LogP contribution in [0, 0.1) is 6.92 Å². The Bertz CT molecular complexity index is 1300. The number of hydrogen-bond donors (Lipinski definition) is 0. The van der Waals surface area contributed by atoms with E-state index in [0.717, 1.165) is 34.5 Å². The van der Waals surface area contributed by atoms with E-state index in [4.69, 9.17) is 4.74 Å². The van der Waals surface area contributed by atoms with Gasteiger partial charge in [0.1, 0.15) is 12.1 Å². The molecule has 1 aliphatic carbocycles. The number of rotatable bonds is 7. The Morgan fingerprint density at radius 3 is 2.53 bits per heavy atom. The molecule has 2 heterocycles. The van der Waals surface area contributed by atoms with Crippen LogP contribution >= 0.6 is 11.3 Å². The van der Waals surface area contributed by atoms with Gasteiger partial charge in [-0.2, -0.15) is 0 Å². The number of nitrogens with zero attached hydrogens (tertiary/aromatic N) is 3. The minimum absolute atomic E-state index is 0.0349. The molecule has 0 amide bonds. The third-order valence-electron chi connectivity index (χ3n) is 5.53. The summed E-state index contributed by atoms with van der Waals surface area (Å²) in [5.41, 5.74) is 7.78. The molecule has 4 aromatic rings. The van der Waals surface area contributed by atoms with Crippen LogP contribution < -0.4 is 4.74 Å². The van der Waals surface area contributed by atoms with Gasteiger partial charge in [-0.05, 0) is 49.1 Å². The van der Waals surface area contributed by atoms with Gasteiger partial charge in [-0.1, -0.05) is 30.3 Å². The summed E-state index contributed by atoms with van der Waals surface area (Å²) in [4.78, 5) is 27.1. The molecule has 2 aromatic carbocycles.